The molecule has 156 valence electrons. The maximum absolute atomic E-state index is 11.7. The zero-order valence-corrected chi connectivity index (χ0v) is 17.7. The van der Waals surface area contributed by atoms with Gasteiger partial charge in [0.25, 0.3) is 0 Å². The van der Waals surface area contributed by atoms with Gasteiger partial charge in [0.05, 0.1) is 12.4 Å². The van der Waals surface area contributed by atoms with Crippen LogP contribution in [0.5, 0.6) is 5.75 Å². The molecule has 0 unspecified atom stereocenters. The topological polar surface area (TPSA) is 91.8 Å². The third kappa shape index (κ3) is 6.20. The van der Waals surface area contributed by atoms with Gasteiger partial charge in [-0.05, 0) is 41.8 Å². The van der Waals surface area contributed by atoms with Crippen LogP contribution in [0.25, 0.3) is 0 Å². The fourth-order valence-electron chi connectivity index (χ4n) is 3.25. The largest absolute Gasteiger partial charge is 0.493 e. The Labute approximate surface area is 172 Å². The highest BCUT2D eigenvalue weighted by atomic mass is 32.2. The summed E-state index contributed by atoms with van der Waals surface area (Å²) in [6.45, 7) is 2.10. The summed E-state index contributed by atoms with van der Waals surface area (Å²) in [7, 11) is -0.124. The van der Waals surface area contributed by atoms with Crippen LogP contribution in [0.15, 0.2) is 47.5 Å². The van der Waals surface area contributed by atoms with Gasteiger partial charge in [-0.1, -0.05) is 36.4 Å². The fourth-order valence-corrected chi connectivity index (χ4v) is 4.01. The van der Waals surface area contributed by atoms with E-state index in [2.05, 4.69) is 32.5 Å². The molecule has 1 heterocycles. The normalized spacial score (nSPS) is 13.7. The monoisotopic (exact) mass is 416 g/mol. The number of sulfonamides is 1. The van der Waals surface area contributed by atoms with Gasteiger partial charge in [0.15, 0.2) is 5.96 Å². The van der Waals surface area contributed by atoms with Crippen molar-refractivity contribution in [2.45, 2.75) is 25.1 Å². The summed E-state index contributed by atoms with van der Waals surface area (Å²) in [6.07, 6.45) is 1.87. The predicted octanol–water partition coefficient (Wildman–Crippen LogP) is 1.58. The number of benzene rings is 2. The summed E-state index contributed by atoms with van der Waals surface area (Å²) in [5.41, 5.74) is 4.30. The maximum atomic E-state index is 11.7. The molecule has 3 N–H and O–H groups in total. The Morgan fingerprint density at radius 2 is 1.93 bits per heavy atom. The minimum atomic E-state index is -3.28. The van der Waals surface area contributed by atoms with Crippen LogP contribution in [0.2, 0.25) is 0 Å². The Bertz CT molecular complexity index is 974. The van der Waals surface area contributed by atoms with Crippen molar-refractivity contribution in [1.29, 1.82) is 0 Å². The van der Waals surface area contributed by atoms with Gasteiger partial charge in [-0.2, -0.15) is 0 Å². The van der Waals surface area contributed by atoms with E-state index in [1.165, 1.54) is 18.2 Å². The molecule has 0 aromatic heterocycles. The van der Waals surface area contributed by atoms with E-state index in [0.717, 1.165) is 42.9 Å². The SMILES string of the molecule is CN=C(NCCc1ccc2c(c1)CCO2)NCc1cccc(CS(=O)(=O)NC)c1. The van der Waals surface area contributed by atoms with Crippen molar-refractivity contribution in [1.82, 2.24) is 15.4 Å². The van der Waals surface area contributed by atoms with E-state index in [4.69, 9.17) is 4.74 Å². The maximum Gasteiger partial charge on any atom is 0.215 e. The summed E-state index contributed by atoms with van der Waals surface area (Å²) in [6, 6.07) is 13.9. The number of hydrogen-bond donors (Lipinski definition) is 3. The second-order valence-electron chi connectivity index (χ2n) is 6.93. The lowest BCUT2D eigenvalue weighted by molar-refractivity contribution is 0.357. The van der Waals surface area contributed by atoms with E-state index in [9.17, 15) is 8.42 Å². The summed E-state index contributed by atoms with van der Waals surface area (Å²) in [5, 5.41) is 6.59. The third-order valence-corrected chi connectivity index (χ3v) is 6.14. The highest BCUT2D eigenvalue weighted by Gasteiger charge is 2.12. The molecule has 8 heteroatoms. The predicted molar refractivity (Wildman–Crippen MR) is 116 cm³/mol. The quantitative estimate of drug-likeness (QED) is 0.449. The van der Waals surface area contributed by atoms with Gasteiger partial charge in [-0.25, -0.2) is 13.1 Å². The van der Waals surface area contributed by atoms with Gasteiger partial charge in [-0.3, -0.25) is 4.99 Å². The lowest BCUT2D eigenvalue weighted by atomic mass is 10.1. The molecule has 0 saturated carbocycles. The van der Waals surface area contributed by atoms with Crippen LogP contribution in [0.3, 0.4) is 0 Å². The van der Waals surface area contributed by atoms with Crippen LogP contribution < -0.4 is 20.1 Å². The second kappa shape index (κ2) is 9.76. The molecular formula is C21H28N4O3S. The van der Waals surface area contributed by atoms with Crippen LogP contribution in [0.1, 0.15) is 22.3 Å². The Hall–Kier alpha value is -2.58. The first kappa shape index (κ1) is 21.1. The number of ether oxygens (including phenoxy) is 1. The standard InChI is InChI=1S/C21H28N4O3S/c1-22-21(24-10-8-16-6-7-20-19(13-16)9-11-28-20)25-14-17-4-3-5-18(12-17)15-29(26,27)23-2/h3-7,12-13,23H,8-11,14-15H2,1-2H3,(H2,22,24,25). The zero-order valence-electron chi connectivity index (χ0n) is 16.9. The number of nitrogens with zero attached hydrogens (tertiary/aromatic N) is 1. The first-order chi connectivity index (χ1) is 14.0. The average Bonchev–Trinajstić information content (AvgIpc) is 3.18. The van der Waals surface area contributed by atoms with Crippen molar-refractivity contribution >= 4 is 16.0 Å². The van der Waals surface area contributed by atoms with Crippen molar-refractivity contribution in [3.8, 4) is 5.75 Å². The zero-order chi connectivity index (χ0) is 20.7. The molecule has 0 atom stereocenters. The van der Waals surface area contributed by atoms with E-state index < -0.39 is 10.0 Å². The van der Waals surface area contributed by atoms with Crippen molar-refractivity contribution in [2.24, 2.45) is 4.99 Å². The van der Waals surface area contributed by atoms with Crippen molar-refractivity contribution in [3.63, 3.8) is 0 Å². The molecule has 0 aliphatic carbocycles. The van der Waals surface area contributed by atoms with Gasteiger partial charge in [-0.15, -0.1) is 0 Å². The molecule has 1 aliphatic heterocycles. The van der Waals surface area contributed by atoms with Crippen LogP contribution in [-0.2, 0) is 35.2 Å². The smallest absolute Gasteiger partial charge is 0.215 e. The van der Waals surface area contributed by atoms with Crippen LogP contribution in [0, 0.1) is 0 Å². The third-order valence-electron chi connectivity index (χ3n) is 4.80. The molecule has 1 aliphatic rings. The van der Waals surface area contributed by atoms with Crippen LogP contribution in [-0.4, -0.2) is 41.6 Å². The minimum Gasteiger partial charge on any atom is -0.493 e. The van der Waals surface area contributed by atoms with E-state index in [1.54, 1.807) is 7.05 Å². The van der Waals surface area contributed by atoms with E-state index >= 15 is 0 Å². The number of hydrogen-bond acceptors (Lipinski definition) is 4. The van der Waals surface area contributed by atoms with Crippen molar-refractivity contribution < 1.29 is 13.2 Å². The summed E-state index contributed by atoms with van der Waals surface area (Å²) >= 11 is 0. The van der Waals surface area contributed by atoms with Crippen molar-refractivity contribution in [3.05, 3.63) is 64.7 Å². The molecule has 0 radical (unpaired) electrons. The Morgan fingerprint density at radius 3 is 2.72 bits per heavy atom. The number of fused-ring (bicyclic) bond motifs is 1. The number of nitrogens with one attached hydrogen (secondary N) is 3. The van der Waals surface area contributed by atoms with Gasteiger partial charge in [0.1, 0.15) is 5.75 Å². The first-order valence-corrected chi connectivity index (χ1v) is 11.3. The molecule has 0 spiro atoms. The second-order valence-corrected chi connectivity index (χ2v) is 8.85. The fraction of sp³-hybridized carbons (Fsp3) is 0.381. The molecule has 7 nitrogen and oxygen atoms in total. The van der Waals surface area contributed by atoms with Gasteiger partial charge in [0.2, 0.25) is 10.0 Å². The lowest BCUT2D eigenvalue weighted by Gasteiger charge is -2.13. The molecule has 3 rings (SSSR count). The lowest BCUT2D eigenvalue weighted by Crippen LogP contribution is -2.37. The summed E-state index contributed by atoms with van der Waals surface area (Å²) in [5.74, 6) is 1.68. The number of rotatable bonds is 8. The van der Waals surface area contributed by atoms with Gasteiger partial charge in [0, 0.05) is 26.6 Å². The molecular weight excluding hydrogens is 388 g/mol. The molecule has 0 bridgehead atoms. The van der Waals surface area contributed by atoms with E-state index in [-0.39, 0.29) is 5.75 Å². The molecule has 2 aromatic rings. The molecule has 0 fully saturated rings. The highest BCUT2D eigenvalue weighted by molar-refractivity contribution is 7.88. The first-order valence-electron chi connectivity index (χ1n) is 9.67. The summed E-state index contributed by atoms with van der Waals surface area (Å²) in [4.78, 5) is 4.26. The van der Waals surface area contributed by atoms with E-state index in [1.807, 2.05) is 30.3 Å². The van der Waals surface area contributed by atoms with Crippen LogP contribution >= 0.6 is 0 Å². The van der Waals surface area contributed by atoms with Crippen LogP contribution in [0.4, 0.5) is 0 Å². The highest BCUT2D eigenvalue weighted by Crippen LogP contribution is 2.25. The number of guanidine groups is 1. The Morgan fingerprint density at radius 1 is 1.10 bits per heavy atom. The molecule has 0 saturated heterocycles. The minimum absolute atomic E-state index is 0.0316. The van der Waals surface area contributed by atoms with Gasteiger partial charge < -0.3 is 15.4 Å². The summed E-state index contributed by atoms with van der Waals surface area (Å²) < 4.78 is 31.3. The number of aliphatic imine (C=N–C) groups is 1. The Kier molecular flexibility index (Phi) is 7.11. The average molecular weight is 417 g/mol. The van der Waals surface area contributed by atoms with Gasteiger partial charge >= 0.3 is 0 Å². The Balaban J connectivity index is 1.48. The van der Waals surface area contributed by atoms with Crippen molar-refractivity contribution in [2.75, 3.05) is 27.2 Å². The molecule has 2 aromatic carbocycles. The van der Waals surface area contributed by atoms with E-state index in [0.29, 0.717) is 12.5 Å². The molecule has 29 heavy (non-hydrogen) atoms. The molecule has 0 amide bonds.